The Hall–Kier alpha value is -0.0900. The Balaban J connectivity index is 1.64. The Bertz CT molecular complexity index is 368. The third kappa shape index (κ3) is 2.02. The minimum absolute atomic E-state index is 0.339. The van der Waals surface area contributed by atoms with Crippen LogP contribution in [-0.2, 0) is 9.84 Å². The van der Waals surface area contributed by atoms with Gasteiger partial charge in [-0.15, -0.1) is 0 Å². The number of sulfone groups is 1. The standard InChI is InChI=1S/C12H21NO2S/c14-16(15)7-4-10(8-16)12(5-1-6-12)9-13-11-2-3-11/h10-11,13H,1-9H2. The lowest BCUT2D eigenvalue weighted by Gasteiger charge is -2.46. The fraction of sp³-hybridized carbons (Fsp3) is 1.00. The van der Waals surface area contributed by atoms with Crippen molar-refractivity contribution in [3.63, 3.8) is 0 Å². The molecular weight excluding hydrogens is 222 g/mol. The first-order valence-corrected chi connectivity index (χ1v) is 8.36. The average Bonchev–Trinajstić information content (AvgIpc) is 2.90. The van der Waals surface area contributed by atoms with E-state index in [2.05, 4.69) is 5.32 Å². The van der Waals surface area contributed by atoms with Crippen LogP contribution in [0, 0.1) is 11.3 Å². The van der Waals surface area contributed by atoms with Crippen LogP contribution in [0.15, 0.2) is 0 Å². The summed E-state index contributed by atoms with van der Waals surface area (Å²) in [4.78, 5) is 0. The number of rotatable bonds is 4. The van der Waals surface area contributed by atoms with Gasteiger partial charge in [-0.3, -0.25) is 0 Å². The van der Waals surface area contributed by atoms with E-state index in [0.29, 0.717) is 22.8 Å². The van der Waals surface area contributed by atoms with Gasteiger partial charge in [-0.2, -0.15) is 0 Å². The van der Waals surface area contributed by atoms with Crippen molar-refractivity contribution in [3.05, 3.63) is 0 Å². The molecule has 1 saturated heterocycles. The largest absolute Gasteiger partial charge is 0.313 e. The Morgan fingerprint density at radius 3 is 2.38 bits per heavy atom. The van der Waals surface area contributed by atoms with E-state index < -0.39 is 9.84 Å². The van der Waals surface area contributed by atoms with Gasteiger partial charge in [-0.05, 0) is 43.4 Å². The zero-order valence-corrected chi connectivity index (χ0v) is 10.6. The zero-order chi connectivity index (χ0) is 11.2. The van der Waals surface area contributed by atoms with Crippen LogP contribution in [0.5, 0.6) is 0 Å². The van der Waals surface area contributed by atoms with Gasteiger partial charge in [-0.25, -0.2) is 8.42 Å². The molecule has 0 aromatic rings. The van der Waals surface area contributed by atoms with Crippen LogP contribution < -0.4 is 5.32 Å². The van der Waals surface area contributed by atoms with Gasteiger partial charge in [0.05, 0.1) is 11.5 Å². The van der Waals surface area contributed by atoms with Crippen molar-refractivity contribution < 1.29 is 8.42 Å². The van der Waals surface area contributed by atoms with Gasteiger partial charge in [0.1, 0.15) is 0 Å². The molecule has 3 fully saturated rings. The lowest BCUT2D eigenvalue weighted by atomic mass is 9.61. The molecule has 0 radical (unpaired) electrons. The highest BCUT2D eigenvalue weighted by Crippen LogP contribution is 2.50. The monoisotopic (exact) mass is 243 g/mol. The lowest BCUT2D eigenvalue weighted by Crippen LogP contribution is -2.46. The quantitative estimate of drug-likeness (QED) is 0.810. The van der Waals surface area contributed by atoms with E-state index in [-0.39, 0.29) is 0 Å². The summed E-state index contributed by atoms with van der Waals surface area (Å²) >= 11 is 0. The third-order valence-corrected chi connectivity index (χ3v) is 6.54. The van der Waals surface area contributed by atoms with Gasteiger partial charge < -0.3 is 5.32 Å². The zero-order valence-electron chi connectivity index (χ0n) is 9.74. The number of hydrogen-bond donors (Lipinski definition) is 1. The molecule has 1 atom stereocenters. The molecule has 0 aromatic carbocycles. The van der Waals surface area contributed by atoms with Gasteiger partial charge >= 0.3 is 0 Å². The van der Waals surface area contributed by atoms with Crippen LogP contribution in [-0.4, -0.2) is 32.5 Å². The second-order valence-electron chi connectivity index (χ2n) is 5.97. The highest BCUT2D eigenvalue weighted by molar-refractivity contribution is 7.91. The Labute approximate surface area is 97.9 Å². The summed E-state index contributed by atoms with van der Waals surface area (Å²) < 4.78 is 23.1. The Morgan fingerprint density at radius 1 is 1.19 bits per heavy atom. The summed E-state index contributed by atoms with van der Waals surface area (Å²) in [5.74, 6) is 1.33. The van der Waals surface area contributed by atoms with E-state index in [1.165, 1.54) is 32.1 Å². The van der Waals surface area contributed by atoms with E-state index in [0.717, 1.165) is 19.0 Å². The molecule has 0 aromatic heterocycles. The molecule has 1 N–H and O–H groups in total. The molecule has 1 unspecified atom stereocenters. The maximum absolute atomic E-state index is 11.6. The van der Waals surface area contributed by atoms with Crippen LogP contribution in [0.4, 0.5) is 0 Å². The molecule has 4 heteroatoms. The average molecular weight is 243 g/mol. The van der Waals surface area contributed by atoms with Gasteiger partial charge in [0, 0.05) is 12.6 Å². The normalized spacial score (nSPS) is 35.9. The summed E-state index contributed by atoms with van der Waals surface area (Å²) in [6.07, 6.45) is 7.33. The van der Waals surface area contributed by atoms with Crippen LogP contribution in [0.1, 0.15) is 38.5 Å². The topological polar surface area (TPSA) is 46.2 Å². The second kappa shape index (κ2) is 3.70. The molecule has 16 heavy (non-hydrogen) atoms. The van der Waals surface area contributed by atoms with Gasteiger partial charge in [0.25, 0.3) is 0 Å². The molecule has 0 amide bonds. The molecule has 92 valence electrons. The van der Waals surface area contributed by atoms with Gasteiger partial charge in [0.2, 0.25) is 0 Å². The maximum atomic E-state index is 11.6. The van der Waals surface area contributed by atoms with Crippen molar-refractivity contribution in [2.45, 2.75) is 44.6 Å². The first-order valence-electron chi connectivity index (χ1n) is 6.54. The summed E-state index contributed by atoms with van der Waals surface area (Å²) in [5.41, 5.74) is 0.339. The first kappa shape index (κ1) is 11.0. The van der Waals surface area contributed by atoms with Crippen LogP contribution in [0.25, 0.3) is 0 Å². The molecule has 3 rings (SSSR count). The molecule has 0 bridgehead atoms. The number of hydrogen-bond acceptors (Lipinski definition) is 3. The van der Waals surface area contributed by atoms with E-state index in [4.69, 9.17) is 0 Å². The minimum atomic E-state index is -2.71. The van der Waals surface area contributed by atoms with E-state index >= 15 is 0 Å². The number of nitrogens with one attached hydrogen (secondary N) is 1. The predicted molar refractivity (Wildman–Crippen MR) is 64.1 cm³/mol. The summed E-state index contributed by atoms with van der Waals surface area (Å²) in [7, 11) is -2.71. The molecule has 1 aliphatic heterocycles. The Morgan fingerprint density at radius 2 is 1.94 bits per heavy atom. The second-order valence-corrected chi connectivity index (χ2v) is 8.20. The lowest BCUT2D eigenvalue weighted by molar-refractivity contribution is 0.0613. The summed E-state index contributed by atoms with van der Waals surface area (Å²) in [6, 6.07) is 0.746. The van der Waals surface area contributed by atoms with Crippen LogP contribution in [0.3, 0.4) is 0 Å². The van der Waals surface area contributed by atoms with Crippen molar-refractivity contribution in [2.24, 2.45) is 11.3 Å². The van der Waals surface area contributed by atoms with Crippen molar-refractivity contribution in [1.29, 1.82) is 0 Å². The maximum Gasteiger partial charge on any atom is 0.150 e. The SMILES string of the molecule is O=S1(=O)CCC(C2(CNC3CC3)CCC2)C1. The van der Waals surface area contributed by atoms with E-state index in [1.807, 2.05) is 0 Å². The van der Waals surface area contributed by atoms with Gasteiger partial charge in [-0.1, -0.05) is 6.42 Å². The summed E-state index contributed by atoms with van der Waals surface area (Å²) in [6.45, 7) is 1.07. The predicted octanol–water partition coefficient (Wildman–Crippen LogP) is 1.34. The van der Waals surface area contributed by atoms with Gasteiger partial charge in [0.15, 0.2) is 9.84 Å². The van der Waals surface area contributed by atoms with Crippen LogP contribution >= 0.6 is 0 Å². The van der Waals surface area contributed by atoms with Crippen molar-refractivity contribution in [2.75, 3.05) is 18.1 Å². The molecule has 1 heterocycles. The molecule has 2 saturated carbocycles. The Kier molecular flexibility index (Phi) is 2.55. The van der Waals surface area contributed by atoms with Crippen molar-refractivity contribution in [1.82, 2.24) is 5.32 Å². The molecule has 0 spiro atoms. The summed E-state index contributed by atoms with van der Waals surface area (Å²) in [5, 5.41) is 3.61. The molecule has 3 nitrogen and oxygen atoms in total. The minimum Gasteiger partial charge on any atom is -0.313 e. The molecule has 3 aliphatic rings. The highest BCUT2D eigenvalue weighted by Gasteiger charge is 2.48. The van der Waals surface area contributed by atoms with Crippen molar-refractivity contribution in [3.8, 4) is 0 Å². The van der Waals surface area contributed by atoms with Crippen molar-refractivity contribution >= 4 is 9.84 Å². The molecule has 2 aliphatic carbocycles. The van der Waals surface area contributed by atoms with E-state index in [1.54, 1.807) is 0 Å². The first-order chi connectivity index (χ1) is 7.60. The van der Waals surface area contributed by atoms with E-state index in [9.17, 15) is 8.42 Å². The smallest absolute Gasteiger partial charge is 0.150 e. The fourth-order valence-corrected chi connectivity index (χ4v) is 5.22. The highest BCUT2D eigenvalue weighted by atomic mass is 32.2. The van der Waals surface area contributed by atoms with Crippen LogP contribution in [0.2, 0.25) is 0 Å². The fourth-order valence-electron chi connectivity index (χ4n) is 3.27. The third-order valence-electron chi connectivity index (χ3n) is 4.77. The molecular formula is C12H21NO2S.